The first-order chi connectivity index (χ1) is 15.6. The van der Waals surface area contributed by atoms with Crippen molar-refractivity contribution in [1.29, 1.82) is 0 Å². The summed E-state index contributed by atoms with van der Waals surface area (Å²) >= 11 is 0. The fourth-order valence-corrected chi connectivity index (χ4v) is 5.31. The molecule has 33 heavy (non-hydrogen) atoms. The third-order valence-corrected chi connectivity index (χ3v) is 7.00. The molecule has 0 aliphatic heterocycles. The molecule has 6 nitrogen and oxygen atoms in total. The SMILES string of the molecule is Cc1cccc(CS(=O)(=O)c2ncc(CN(C(=O)c3ccccc3)C(C)C)n2CC(C)C)c1. The van der Waals surface area contributed by atoms with Crippen molar-refractivity contribution in [3.8, 4) is 0 Å². The molecule has 0 unspecified atom stereocenters. The molecule has 3 rings (SSSR count). The Morgan fingerprint density at radius 2 is 1.73 bits per heavy atom. The van der Waals surface area contributed by atoms with Gasteiger partial charge in [-0.25, -0.2) is 13.4 Å². The van der Waals surface area contributed by atoms with Crippen LogP contribution in [-0.4, -0.2) is 34.8 Å². The second kappa shape index (κ2) is 10.3. The number of aromatic nitrogens is 2. The van der Waals surface area contributed by atoms with Gasteiger partial charge in [-0.2, -0.15) is 0 Å². The Morgan fingerprint density at radius 1 is 1.03 bits per heavy atom. The number of imidazole rings is 1. The number of hydrogen-bond acceptors (Lipinski definition) is 4. The van der Waals surface area contributed by atoms with Gasteiger partial charge >= 0.3 is 0 Å². The molecule has 0 radical (unpaired) electrons. The molecule has 0 atom stereocenters. The topological polar surface area (TPSA) is 72.3 Å². The summed E-state index contributed by atoms with van der Waals surface area (Å²) in [7, 11) is -3.67. The van der Waals surface area contributed by atoms with Gasteiger partial charge in [-0.15, -0.1) is 0 Å². The lowest BCUT2D eigenvalue weighted by atomic mass is 10.1. The number of hydrogen-bond donors (Lipinski definition) is 0. The highest BCUT2D eigenvalue weighted by Crippen LogP contribution is 2.22. The molecule has 0 spiro atoms. The summed E-state index contributed by atoms with van der Waals surface area (Å²) in [5.41, 5.74) is 3.07. The van der Waals surface area contributed by atoms with Crippen LogP contribution in [0.2, 0.25) is 0 Å². The Morgan fingerprint density at radius 3 is 2.33 bits per heavy atom. The van der Waals surface area contributed by atoms with E-state index < -0.39 is 9.84 Å². The number of nitrogens with zero attached hydrogens (tertiary/aromatic N) is 3. The molecule has 1 amide bonds. The van der Waals surface area contributed by atoms with E-state index in [-0.39, 0.29) is 35.3 Å². The summed E-state index contributed by atoms with van der Waals surface area (Å²) in [6, 6.07) is 16.6. The second-order valence-electron chi connectivity index (χ2n) is 9.18. The highest BCUT2D eigenvalue weighted by molar-refractivity contribution is 7.90. The fourth-order valence-electron chi connectivity index (χ4n) is 3.82. The van der Waals surface area contributed by atoms with Crippen LogP contribution in [0.15, 0.2) is 66.0 Å². The lowest BCUT2D eigenvalue weighted by molar-refractivity contribution is 0.0685. The van der Waals surface area contributed by atoms with E-state index in [1.807, 2.05) is 77.1 Å². The summed E-state index contributed by atoms with van der Waals surface area (Å²) in [6.45, 7) is 10.7. The Hall–Kier alpha value is -2.93. The van der Waals surface area contributed by atoms with Crippen molar-refractivity contribution < 1.29 is 13.2 Å². The van der Waals surface area contributed by atoms with Crippen LogP contribution >= 0.6 is 0 Å². The van der Waals surface area contributed by atoms with Gasteiger partial charge in [-0.05, 0) is 44.4 Å². The molecule has 1 heterocycles. The maximum Gasteiger partial charge on any atom is 0.254 e. The van der Waals surface area contributed by atoms with E-state index in [4.69, 9.17) is 0 Å². The van der Waals surface area contributed by atoms with Crippen LogP contribution in [0, 0.1) is 12.8 Å². The summed E-state index contributed by atoms with van der Waals surface area (Å²) < 4.78 is 28.4. The maximum absolute atomic E-state index is 13.3. The van der Waals surface area contributed by atoms with E-state index in [0.717, 1.165) is 11.1 Å². The van der Waals surface area contributed by atoms with Crippen molar-refractivity contribution in [2.45, 2.75) is 64.7 Å². The van der Waals surface area contributed by atoms with Gasteiger partial charge in [0.05, 0.1) is 24.2 Å². The zero-order chi connectivity index (χ0) is 24.2. The van der Waals surface area contributed by atoms with Gasteiger partial charge in [0.1, 0.15) is 0 Å². The minimum Gasteiger partial charge on any atom is -0.330 e. The zero-order valence-electron chi connectivity index (χ0n) is 20.0. The Balaban J connectivity index is 1.96. The monoisotopic (exact) mass is 467 g/mol. The van der Waals surface area contributed by atoms with Gasteiger partial charge in [-0.3, -0.25) is 4.79 Å². The number of carbonyl (C=O) groups excluding carboxylic acids is 1. The first-order valence-corrected chi connectivity index (χ1v) is 12.9. The molecule has 0 fully saturated rings. The third kappa shape index (κ3) is 6.11. The van der Waals surface area contributed by atoms with Gasteiger partial charge in [0.25, 0.3) is 5.91 Å². The second-order valence-corrected chi connectivity index (χ2v) is 11.1. The van der Waals surface area contributed by atoms with Crippen LogP contribution < -0.4 is 0 Å². The number of rotatable bonds is 9. The summed E-state index contributed by atoms with van der Waals surface area (Å²) in [5.74, 6) is 0.00957. The largest absolute Gasteiger partial charge is 0.330 e. The summed E-state index contributed by atoms with van der Waals surface area (Å²) in [4.78, 5) is 19.3. The molecule has 176 valence electrons. The van der Waals surface area contributed by atoms with Crippen molar-refractivity contribution in [3.05, 3.63) is 83.2 Å². The van der Waals surface area contributed by atoms with Crippen LogP contribution in [0.25, 0.3) is 0 Å². The smallest absolute Gasteiger partial charge is 0.254 e. The molecule has 2 aromatic carbocycles. The Kier molecular flexibility index (Phi) is 7.74. The molecule has 0 bridgehead atoms. The van der Waals surface area contributed by atoms with E-state index in [9.17, 15) is 13.2 Å². The summed E-state index contributed by atoms with van der Waals surface area (Å²) in [5, 5.41) is 0.0589. The summed E-state index contributed by atoms with van der Waals surface area (Å²) in [6.07, 6.45) is 1.60. The number of amides is 1. The van der Waals surface area contributed by atoms with Crippen LogP contribution in [0.4, 0.5) is 0 Å². The molecule has 7 heteroatoms. The predicted molar refractivity (Wildman–Crippen MR) is 131 cm³/mol. The molecule has 3 aromatic rings. The number of aryl methyl sites for hydroxylation is 1. The predicted octanol–water partition coefficient (Wildman–Crippen LogP) is 4.87. The van der Waals surface area contributed by atoms with E-state index in [2.05, 4.69) is 4.98 Å². The van der Waals surface area contributed by atoms with E-state index in [0.29, 0.717) is 17.8 Å². The molecule has 0 saturated carbocycles. The van der Waals surface area contributed by atoms with E-state index in [1.165, 1.54) is 0 Å². The first kappa shape index (κ1) is 24.7. The molecule has 1 aromatic heterocycles. The number of sulfone groups is 1. The van der Waals surface area contributed by atoms with Gasteiger partial charge in [-0.1, -0.05) is 61.9 Å². The number of carbonyl (C=O) groups is 1. The third-order valence-electron chi connectivity index (χ3n) is 5.40. The van der Waals surface area contributed by atoms with Crippen LogP contribution in [0.3, 0.4) is 0 Å². The van der Waals surface area contributed by atoms with Crippen molar-refractivity contribution in [1.82, 2.24) is 14.5 Å². The zero-order valence-corrected chi connectivity index (χ0v) is 20.8. The standard InChI is InChI=1S/C26H33N3O3S/c1-19(2)16-29-24(17-28(20(3)4)25(30)23-12-7-6-8-13-23)15-27-26(29)33(31,32)18-22-11-9-10-21(5)14-22/h6-15,19-20H,16-18H2,1-5H3. The molecular formula is C26H33N3O3S. The van der Waals surface area contributed by atoms with Crippen LogP contribution in [-0.2, 0) is 28.7 Å². The van der Waals surface area contributed by atoms with Crippen molar-refractivity contribution >= 4 is 15.7 Å². The van der Waals surface area contributed by atoms with Crippen LogP contribution in [0.5, 0.6) is 0 Å². The highest BCUT2D eigenvalue weighted by atomic mass is 32.2. The first-order valence-electron chi connectivity index (χ1n) is 11.3. The average molecular weight is 468 g/mol. The van der Waals surface area contributed by atoms with E-state index in [1.54, 1.807) is 27.8 Å². The van der Waals surface area contributed by atoms with Crippen LogP contribution in [0.1, 0.15) is 54.9 Å². The molecule has 0 aliphatic rings. The molecule has 0 saturated heterocycles. The maximum atomic E-state index is 13.3. The van der Waals surface area contributed by atoms with Gasteiger partial charge in [0, 0.05) is 18.2 Å². The minimum atomic E-state index is -3.67. The fraction of sp³-hybridized carbons (Fsp3) is 0.385. The number of benzene rings is 2. The quantitative estimate of drug-likeness (QED) is 0.450. The van der Waals surface area contributed by atoms with E-state index >= 15 is 0 Å². The highest BCUT2D eigenvalue weighted by Gasteiger charge is 2.27. The van der Waals surface area contributed by atoms with Crippen molar-refractivity contribution in [2.24, 2.45) is 5.92 Å². The molecule has 0 aliphatic carbocycles. The molecule has 0 N–H and O–H groups in total. The normalized spacial score (nSPS) is 11.8. The molecular weight excluding hydrogens is 434 g/mol. The Labute approximate surface area is 197 Å². The van der Waals surface area contributed by atoms with Gasteiger partial charge in [0.15, 0.2) is 0 Å². The Bertz CT molecular complexity index is 1200. The lowest BCUT2D eigenvalue weighted by Crippen LogP contribution is -2.37. The van der Waals surface area contributed by atoms with Gasteiger partial charge < -0.3 is 9.47 Å². The van der Waals surface area contributed by atoms with Crippen molar-refractivity contribution in [3.63, 3.8) is 0 Å². The van der Waals surface area contributed by atoms with Crippen molar-refractivity contribution in [2.75, 3.05) is 0 Å². The lowest BCUT2D eigenvalue weighted by Gasteiger charge is -2.27. The van der Waals surface area contributed by atoms with Gasteiger partial charge in [0.2, 0.25) is 15.0 Å². The minimum absolute atomic E-state index is 0.0589. The average Bonchev–Trinajstić information content (AvgIpc) is 3.14.